The maximum atomic E-state index is 13.4. The predicted molar refractivity (Wildman–Crippen MR) is 145 cm³/mol. The van der Waals surface area contributed by atoms with Gasteiger partial charge < -0.3 is 9.64 Å². The van der Waals surface area contributed by atoms with Crippen molar-refractivity contribution in [2.75, 3.05) is 16.3 Å². The number of hydrogen-bond donors (Lipinski definition) is 0. The zero-order valence-corrected chi connectivity index (χ0v) is 23.6. The minimum atomic E-state index is -0.570. The van der Waals surface area contributed by atoms with Crippen LogP contribution >= 0.6 is 31.9 Å². The topological polar surface area (TPSA) is 84.0 Å². The minimum Gasteiger partial charge on any atom is -0.426 e. The molecule has 0 N–H and O–H groups in total. The summed E-state index contributed by atoms with van der Waals surface area (Å²) in [6.45, 7) is 4.04. The SMILES string of the molecule is Cc1ccc(N2C[C@H](C(=O)Oc3ccc(N4C(=O)[C@@H]5[C@H]6C[C@@H]([C@@H](Br)[C@H]6Br)[C@H]5C4=O)c(C)c3)CC2=O)cc1. The van der Waals surface area contributed by atoms with Gasteiger partial charge in [0.1, 0.15) is 5.75 Å². The molecule has 2 aliphatic heterocycles. The Bertz CT molecular complexity index is 1300. The first-order chi connectivity index (χ1) is 17.7. The Labute approximate surface area is 231 Å². The van der Waals surface area contributed by atoms with Crippen LogP contribution in [0.15, 0.2) is 42.5 Å². The van der Waals surface area contributed by atoms with Gasteiger partial charge in [-0.1, -0.05) is 49.6 Å². The number of amides is 3. The van der Waals surface area contributed by atoms with Crippen molar-refractivity contribution in [2.24, 2.45) is 29.6 Å². The van der Waals surface area contributed by atoms with E-state index in [0.717, 1.165) is 17.7 Å². The number of imide groups is 1. The van der Waals surface area contributed by atoms with Crippen LogP contribution < -0.4 is 14.5 Å². The maximum Gasteiger partial charge on any atom is 0.316 e. The molecule has 2 heterocycles. The van der Waals surface area contributed by atoms with Gasteiger partial charge in [-0.3, -0.25) is 19.2 Å². The molecule has 0 radical (unpaired) electrons. The van der Waals surface area contributed by atoms with Crippen LogP contribution in [0.4, 0.5) is 11.4 Å². The van der Waals surface area contributed by atoms with Crippen molar-refractivity contribution in [1.29, 1.82) is 0 Å². The number of halogens is 2. The average Bonchev–Trinajstić information content (AvgIpc) is 3.58. The lowest BCUT2D eigenvalue weighted by Gasteiger charge is -2.28. The van der Waals surface area contributed by atoms with Gasteiger partial charge in [0.05, 0.1) is 23.4 Å². The van der Waals surface area contributed by atoms with Crippen molar-refractivity contribution in [3.8, 4) is 5.75 Å². The van der Waals surface area contributed by atoms with Gasteiger partial charge in [-0.2, -0.15) is 0 Å². The molecular weight excluding hydrogens is 604 g/mol. The van der Waals surface area contributed by atoms with E-state index in [0.29, 0.717) is 17.0 Å². The molecule has 7 atom stereocenters. The fraction of sp³-hybridized carbons (Fsp3) is 0.429. The monoisotopic (exact) mass is 628 g/mol. The van der Waals surface area contributed by atoms with Crippen molar-refractivity contribution >= 4 is 66.9 Å². The highest BCUT2D eigenvalue weighted by molar-refractivity contribution is 9.12. The van der Waals surface area contributed by atoms with Gasteiger partial charge in [0.2, 0.25) is 17.7 Å². The summed E-state index contributed by atoms with van der Waals surface area (Å²) in [5.41, 5.74) is 3.07. The number of carbonyl (C=O) groups excluding carboxylic acids is 4. The Morgan fingerprint density at radius 2 is 1.54 bits per heavy atom. The number of hydrogen-bond acceptors (Lipinski definition) is 5. The molecular formula is C28H26Br2N2O5. The van der Waals surface area contributed by atoms with Crippen molar-refractivity contribution in [2.45, 2.75) is 36.3 Å². The highest BCUT2D eigenvalue weighted by Crippen LogP contribution is 2.60. The summed E-state index contributed by atoms with van der Waals surface area (Å²) < 4.78 is 5.63. The summed E-state index contributed by atoms with van der Waals surface area (Å²) >= 11 is 7.43. The Morgan fingerprint density at radius 3 is 2.14 bits per heavy atom. The normalized spacial score (nSPS) is 32.4. The third kappa shape index (κ3) is 3.88. The van der Waals surface area contributed by atoms with E-state index in [1.807, 2.05) is 31.2 Å². The standard InChI is InChI=1S/C28H26Br2N2O5/c1-13-3-5-16(6-4-13)31-12-15(10-21(31)33)28(36)37-17-7-8-20(14(2)9-17)32-26(34)22-18-11-19(23(22)27(32)35)25(30)24(18)29/h3-9,15,18-19,22-25H,10-12H2,1-2H3/t15-,18-,19-,22-,23-,24-,25+/m1/s1. The molecule has 2 saturated heterocycles. The first kappa shape index (κ1) is 24.8. The van der Waals surface area contributed by atoms with E-state index in [2.05, 4.69) is 31.9 Å². The highest BCUT2D eigenvalue weighted by Gasteiger charge is 2.66. The quantitative estimate of drug-likeness (QED) is 0.215. The van der Waals surface area contributed by atoms with Gasteiger partial charge in [0, 0.05) is 28.3 Å². The largest absolute Gasteiger partial charge is 0.426 e. The Hall–Kier alpha value is -2.52. The summed E-state index contributed by atoms with van der Waals surface area (Å²) in [5.74, 6) is -1.38. The lowest BCUT2D eigenvalue weighted by Crippen LogP contribution is -2.37. The van der Waals surface area contributed by atoms with Crippen molar-refractivity contribution in [1.82, 2.24) is 0 Å². The molecule has 4 aliphatic rings. The Kier molecular flexibility index (Phi) is 6.06. The minimum absolute atomic E-state index is 0.0921. The van der Waals surface area contributed by atoms with E-state index in [1.165, 1.54) is 4.90 Å². The molecule has 3 amide bonds. The average molecular weight is 630 g/mol. The van der Waals surface area contributed by atoms with E-state index in [-0.39, 0.29) is 64.0 Å². The maximum absolute atomic E-state index is 13.4. The van der Waals surface area contributed by atoms with Crippen molar-refractivity contribution in [3.63, 3.8) is 0 Å². The van der Waals surface area contributed by atoms with E-state index in [9.17, 15) is 19.2 Å². The molecule has 2 aromatic rings. The highest BCUT2D eigenvalue weighted by atomic mass is 79.9. The second-order valence-electron chi connectivity index (χ2n) is 10.6. The smallest absolute Gasteiger partial charge is 0.316 e. The van der Waals surface area contributed by atoms with Gasteiger partial charge in [0.25, 0.3) is 0 Å². The van der Waals surface area contributed by atoms with E-state index >= 15 is 0 Å². The van der Waals surface area contributed by atoms with Gasteiger partial charge in [-0.25, -0.2) is 4.90 Å². The van der Waals surface area contributed by atoms with E-state index in [1.54, 1.807) is 30.0 Å². The van der Waals surface area contributed by atoms with Crippen molar-refractivity contribution < 1.29 is 23.9 Å². The first-order valence-corrected chi connectivity index (χ1v) is 14.3. The van der Waals surface area contributed by atoms with Gasteiger partial charge in [-0.05, 0) is 68.0 Å². The van der Waals surface area contributed by atoms with Crippen molar-refractivity contribution in [3.05, 3.63) is 53.6 Å². The second-order valence-corrected chi connectivity index (χ2v) is 12.7. The lowest BCUT2D eigenvalue weighted by atomic mass is 9.81. The molecule has 2 saturated carbocycles. The molecule has 0 unspecified atom stereocenters. The van der Waals surface area contributed by atoms with E-state index in [4.69, 9.17) is 4.74 Å². The molecule has 7 nitrogen and oxygen atoms in total. The molecule has 9 heteroatoms. The molecule has 0 aromatic heterocycles. The van der Waals surface area contributed by atoms with Crippen LogP contribution in [0.1, 0.15) is 24.0 Å². The molecule has 192 valence electrons. The number of alkyl halides is 2. The van der Waals surface area contributed by atoms with Gasteiger partial charge in [0.15, 0.2) is 0 Å². The van der Waals surface area contributed by atoms with Crippen LogP contribution in [0, 0.1) is 43.4 Å². The van der Waals surface area contributed by atoms with Gasteiger partial charge >= 0.3 is 5.97 Å². The molecule has 2 bridgehead atoms. The predicted octanol–water partition coefficient (Wildman–Crippen LogP) is 4.54. The Morgan fingerprint density at radius 1 is 0.919 bits per heavy atom. The number of anilines is 2. The summed E-state index contributed by atoms with van der Waals surface area (Å²) in [5, 5.41) is 0. The first-order valence-electron chi connectivity index (χ1n) is 12.5. The number of esters is 1. The fourth-order valence-electron chi connectivity index (χ4n) is 6.57. The molecule has 0 spiro atoms. The van der Waals surface area contributed by atoms with Gasteiger partial charge in [-0.15, -0.1) is 0 Å². The lowest BCUT2D eigenvalue weighted by molar-refractivity contribution is -0.139. The third-order valence-corrected chi connectivity index (χ3v) is 11.6. The molecule has 37 heavy (non-hydrogen) atoms. The third-order valence-electron chi connectivity index (χ3n) is 8.42. The Balaban J connectivity index is 1.16. The molecule has 4 fully saturated rings. The van der Waals surface area contributed by atoms with Crippen LogP contribution in [0.2, 0.25) is 0 Å². The number of nitrogens with zero attached hydrogens (tertiary/aromatic N) is 2. The molecule has 6 rings (SSSR count). The van der Waals surface area contributed by atoms with Crippen LogP contribution in [-0.4, -0.2) is 39.9 Å². The van der Waals surface area contributed by atoms with E-state index < -0.39 is 11.9 Å². The summed E-state index contributed by atoms with van der Waals surface area (Å²) in [6.07, 6.45) is 0.972. The van der Waals surface area contributed by atoms with Crippen LogP contribution in [0.5, 0.6) is 5.75 Å². The summed E-state index contributed by atoms with van der Waals surface area (Å²) in [7, 11) is 0. The summed E-state index contributed by atoms with van der Waals surface area (Å²) in [6, 6.07) is 12.6. The zero-order valence-electron chi connectivity index (χ0n) is 20.4. The fourth-order valence-corrected chi connectivity index (χ4v) is 8.44. The molecule has 2 aliphatic carbocycles. The second kappa shape index (κ2) is 9.05. The van der Waals surface area contributed by atoms with Crippen LogP contribution in [0.3, 0.4) is 0 Å². The number of rotatable bonds is 4. The number of carbonyl (C=O) groups is 4. The number of fused-ring (bicyclic) bond motifs is 5. The number of aryl methyl sites for hydroxylation is 2. The zero-order chi connectivity index (χ0) is 26.2. The number of ether oxygens (including phenoxy) is 1. The number of benzene rings is 2. The van der Waals surface area contributed by atoms with Crippen LogP contribution in [0.25, 0.3) is 0 Å². The van der Waals surface area contributed by atoms with Crippen LogP contribution in [-0.2, 0) is 19.2 Å². The molecule has 2 aromatic carbocycles. The summed E-state index contributed by atoms with van der Waals surface area (Å²) in [4.78, 5) is 55.5.